The highest BCUT2D eigenvalue weighted by atomic mass is 16.7. The Bertz CT molecular complexity index is 1220. The van der Waals surface area contributed by atoms with Crippen LogP contribution in [0.1, 0.15) is 25.3 Å². The van der Waals surface area contributed by atoms with Crippen LogP contribution in [0, 0.1) is 11.8 Å². The lowest BCUT2D eigenvalue weighted by atomic mass is 9.83. The number of hydrogen-bond donors (Lipinski definition) is 5. The molecule has 9 unspecified atom stereocenters. The largest absolute Gasteiger partial charge is 0.508 e. The molecule has 0 bridgehead atoms. The van der Waals surface area contributed by atoms with Gasteiger partial charge in [0.1, 0.15) is 42.9 Å². The van der Waals surface area contributed by atoms with Gasteiger partial charge in [0.2, 0.25) is 0 Å². The number of aliphatic hydroxyl groups is 4. The lowest BCUT2D eigenvalue weighted by Gasteiger charge is -2.41. The van der Waals surface area contributed by atoms with Gasteiger partial charge in [0, 0.05) is 17.4 Å². The second-order valence-corrected chi connectivity index (χ2v) is 10.7. The lowest BCUT2D eigenvalue weighted by Crippen LogP contribution is -2.59. The predicted octanol–water partition coefficient (Wildman–Crippen LogP) is 0.427. The summed E-state index contributed by atoms with van der Waals surface area (Å²) in [4.78, 5) is 25.1. The van der Waals surface area contributed by atoms with Crippen LogP contribution >= 0.6 is 0 Å². The number of carbonyl (C=O) groups is 2. The smallest absolute Gasteiger partial charge is 0.334 e. The van der Waals surface area contributed by atoms with E-state index in [1.54, 1.807) is 12.1 Å². The van der Waals surface area contributed by atoms with E-state index in [9.17, 15) is 35.1 Å². The molecule has 2 heterocycles. The van der Waals surface area contributed by atoms with Gasteiger partial charge in [-0.1, -0.05) is 30.4 Å². The minimum atomic E-state index is -1.59. The Morgan fingerprint density at radius 3 is 2.55 bits per heavy atom. The van der Waals surface area contributed by atoms with Crippen molar-refractivity contribution in [2.75, 3.05) is 13.2 Å². The van der Waals surface area contributed by atoms with Crippen molar-refractivity contribution in [1.82, 2.24) is 0 Å². The van der Waals surface area contributed by atoms with Crippen molar-refractivity contribution in [3.63, 3.8) is 0 Å². The number of phenols is 1. The molecule has 216 valence electrons. The fourth-order valence-corrected chi connectivity index (χ4v) is 6.00. The van der Waals surface area contributed by atoms with E-state index < -0.39 is 67.4 Å². The summed E-state index contributed by atoms with van der Waals surface area (Å²) >= 11 is 0. The molecule has 2 fully saturated rings. The van der Waals surface area contributed by atoms with Gasteiger partial charge in [-0.25, -0.2) is 4.79 Å². The molecule has 5 N–H and O–H groups in total. The number of aliphatic hydroxyl groups excluding tert-OH is 4. The maximum atomic E-state index is 12.6. The molecule has 0 aromatic heterocycles. The first kappa shape index (κ1) is 28.5. The first-order valence-electron chi connectivity index (χ1n) is 13.3. The maximum absolute atomic E-state index is 12.6. The van der Waals surface area contributed by atoms with Crippen LogP contribution in [0.5, 0.6) is 5.75 Å². The first-order chi connectivity index (χ1) is 19.1. The minimum absolute atomic E-state index is 0.00381. The fraction of sp³-hybridized carbons (Fsp3) is 0.517. The highest BCUT2D eigenvalue weighted by Gasteiger charge is 2.52. The zero-order valence-corrected chi connectivity index (χ0v) is 22.0. The summed E-state index contributed by atoms with van der Waals surface area (Å²) in [5.74, 6) is -1.65. The van der Waals surface area contributed by atoms with Gasteiger partial charge in [0.15, 0.2) is 6.29 Å². The van der Waals surface area contributed by atoms with E-state index in [0.29, 0.717) is 12.0 Å². The SMILES string of the molecule is C=C1C(=O)OC2C1CC(OC1OC(CO)C(O)C(O)C1O)C(C)=C1CC=C(COC(=O)Cc3ccc(O)cc3)C12. The van der Waals surface area contributed by atoms with Crippen molar-refractivity contribution in [1.29, 1.82) is 0 Å². The maximum Gasteiger partial charge on any atom is 0.334 e. The third-order valence-electron chi connectivity index (χ3n) is 8.33. The summed E-state index contributed by atoms with van der Waals surface area (Å²) in [6.07, 6.45) is -5.61. The highest BCUT2D eigenvalue weighted by molar-refractivity contribution is 5.91. The van der Waals surface area contributed by atoms with E-state index in [1.165, 1.54) is 12.1 Å². The van der Waals surface area contributed by atoms with E-state index in [0.717, 1.165) is 16.7 Å². The summed E-state index contributed by atoms with van der Waals surface area (Å²) < 4.78 is 23.1. The molecule has 0 spiro atoms. The van der Waals surface area contributed by atoms with E-state index in [-0.39, 0.29) is 36.7 Å². The summed E-state index contributed by atoms with van der Waals surface area (Å²) in [6.45, 7) is 5.23. The molecular formula is C29H34O11. The predicted molar refractivity (Wildman–Crippen MR) is 137 cm³/mol. The number of carbonyl (C=O) groups excluding carboxylic acids is 2. The number of benzene rings is 1. The summed E-state index contributed by atoms with van der Waals surface area (Å²) in [6, 6.07) is 6.28. The van der Waals surface area contributed by atoms with Gasteiger partial charge < -0.3 is 44.5 Å². The van der Waals surface area contributed by atoms with Crippen LogP contribution in [0.15, 0.2) is 59.2 Å². The molecular weight excluding hydrogens is 524 g/mol. The van der Waals surface area contributed by atoms with Crippen LogP contribution in [-0.4, -0.2) is 93.6 Å². The lowest BCUT2D eigenvalue weighted by molar-refractivity contribution is -0.309. The van der Waals surface area contributed by atoms with E-state index in [4.69, 9.17) is 18.9 Å². The molecule has 0 radical (unpaired) electrons. The zero-order chi connectivity index (χ0) is 28.7. The number of ether oxygens (including phenoxy) is 4. The third kappa shape index (κ3) is 5.32. The Hall–Kier alpha value is -3.06. The van der Waals surface area contributed by atoms with Crippen LogP contribution < -0.4 is 0 Å². The summed E-state index contributed by atoms with van der Waals surface area (Å²) in [5, 5.41) is 49.9. The van der Waals surface area contributed by atoms with Crippen molar-refractivity contribution in [2.45, 2.75) is 69.1 Å². The quantitative estimate of drug-likeness (QED) is 0.178. The van der Waals surface area contributed by atoms with Gasteiger partial charge in [0.05, 0.1) is 19.1 Å². The Kier molecular flexibility index (Phi) is 8.14. The molecule has 11 heteroatoms. The number of hydrogen-bond acceptors (Lipinski definition) is 11. The topological polar surface area (TPSA) is 172 Å². The van der Waals surface area contributed by atoms with Gasteiger partial charge in [-0.05, 0) is 48.6 Å². The summed E-state index contributed by atoms with van der Waals surface area (Å²) in [5.41, 5.74) is 3.52. The molecule has 11 nitrogen and oxygen atoms in total. The Labute approximate surface area is 230 Å². The van der Waals surface area contributed by atoms with Gasteiger partial charge in [0.25, 0.3) is 0 Å². The minimum Gasteiger partial charge on any atom is -0.508 e. The fourth-order valence-electron chi connectivity index (χ4n) is 6.00. The Morgan fingerprint density at radius 1 is 1.12 bits per heavy atom. The molecule has 9 atom stereocenters. The van der Waals surface area contributed by atoms with Crippen molar-refractivity contribution in [2.24, 2.45) is 11.8 Å². The molecule has 0 saturated carbocycles. The van der Waals surface area contributed by atoms with Crippen LogP contribution in [0.2, 0.25) is 0 Å². The average molecular weight is 559 g/mol. The number of esters is 2. The van der Waals surface area contributed by atoms with Crippen molar-refractivity contribution in [3.05, 3.63) is 64.8 Å². The average Bonchev–Trinajstić information content (AvgIpc) is 3.45. The van der Waals surface area contributed by atoms with Gasteiger partial charge >= 0.3 is 11.9 Å². The molecule has 1 aromatic carbocycles. The number of allylic oxidation sites excluding steroid dienone is 1. The highest BCUT2D eigenvalue weighted by Crippen LogP contribution is 2.49. The molecule has 2 aliphatic heterocycles. The molecule has 2 saturated heterocycles. The van der Waals surface area contributed by atoms with Gasteiger partial charge in [-0.2, -0.15) is 0 Å². The number of aromatic hydroxyl groups is 1. The Balaban J connectivity index is 1.34. The van der Waals surface area contributed by atoms with Crippen LogP contribution in [0.4, 0.5) is 0 Å². The van der Waals surface area contributed by atoms with E-state index in [1.807, 2.05) is 13.0 Å². The second-order valence-electron chi connectivity index (χ2n) is 10.7. The molecule has 1 aromatic rings. The van der Waals surface area contributed by atoms with Crippen molar-refractivity contribution in [3.8, 4) is 5.75 Å². The zero-order valence-electron chi connectivity index (χ0n) is 22.0. The van der Waals surface area contributed by atoms with Crippen molar-refractivity contribution < 1.29 is 54.1 Å². The summed E-state index contributed by atoms with van der Waals surface area (Å²) in [7, 11) is 0. The molecule has 5 rings (SSSR count). The van der Waals surface area contributed by atoms with Crippen LogP contribution in [0.3, 0.4) is 0 Å². The van der Waals surface area contributed by atoms with Crippen molar-refractivity contribution >= 4 is 11.9 Å². The normalized spacial score (nSPS) is 35.5. The number of phenolic OH excluding ortho intramolecular Hbond substituents is 1. The second kappa shape index (κ2) is 11.4. The molecule has 40 heavy (non-hydrogen) atoms. The number of fused-ring (bicyclic) bond motifs is 3. The first-order valence-corrected chi connectivity index (χ1v) is 13.3. The van der Waals surface area contributed by atoms with Gasteiger partial charge in [-0.15, -0.1) is 0 Å². The van der Waals surface area contributed by atoms with Crippen LogP contribution in [0.25, 0.3) is 0 Å². The van der Waals surface area contributed by atoms with E-state index >= 15 is 0 Å². The van der Waals surface area contributed by atoms with Gasteiger partial charge in [-0.3, -0.25) is 4.79 Å². The number of rotatable bonds is 7. The molecule has 2 aliphatic carbocycles. The van der Waals surface area contributed by atoms with E-state index in [2.05, 4.69) is 6.58 Å². The van der Waals surface area contributed by atoms with Crippen LogP contribution in [-0.2, 0) is 35.0 Å². The molecule has 0 amide bonds. The standard InChI is InChI=1S/C29H34O11/c1-13-18-8-5-16(12-37-22(32)9-15-3-6-17(31)7-4-15)23(18)27-19(14(2)28(36)40-27)10-20(13)38-29-26(35)25(34)24(33)21(11-30)39-29/h3-7,19-21,23-27,29-31,33-35H,2,8-12H2,1H3. The third-order valence-corrected chi connectivity index (χ3v) is 8.33. The Morgan fingerprint density at radius 2 is 1.85 bits per heavy atom. The molecule has 4 aliphatic rings. The monoisotopic (exact) mass is 558 g/mol.